The monoisotopic (exact) mass is 249 g/mol. The molecule has 0 saturated heterocycles. The third-order valence-electron chi connectivity index (χ3n) is 2.39. The minimum Gasteiger partial charge on any atom is -0.409 e. The van der Waals surface area contributed by atoms with Crippen LogP contribution in [0.25, 0.3) is 0 Å². The summed E-state index contributed by atoms with van der Waals surface area (Å²) in [4.78, 5) is 0. The number of amidine groups is 1. The van der Waals surface area contributed by atoms with E-state index in [1.807, 2.05) is 13.8 Å². The zero-order chi connectivity index (χ0) is 12.3. The molecule has 1 atom stereocenters. The van der Waals surface area contributed by atoms with Gasteiger partial charge in [0.05, 0.1) is 11.8 Å². The van der Waals surface area contributed by atoms with Crippen LogP contribution in [0.3, 0.4) is 0 Å². The summed E-state index contributed by atoms with van der Waals surface area (Å²) in [7, 11) is -3.36. The molecule has 0 amide bonds. The van der Waals surface area contributed by atoms with Gasteiger partial charge in [0.2, 0.25) is 10.0 Å². The Morgan fingerprint density at radius 1 is 1.56 bits per heavy atom. The van der Waals surface area contributed by atoms with Gasteiger partial charge in [0.15, 0.2) is 5.84 Å². The van der Waals surface area contributed by atoms with Gasteiger partial charge < -0.3 is 10.9 Å². The maximum Gasteiger partial charge on any atom is 0.212 e. The summed E-state index contributed by atoms with van der Waals surface area (Å²) in [6.45, 7) is 3.66. The maximum atomic E-state index is 11.7. The molecule has 16 heavy (non-hydrogen) atoms. The molecule has 6 nitrogen and oxygen atoms in total. The first kappa shape index (κ1) is 13.2. The third-order valence-corrected chi connectivity index (χ3v) is 4.11. The second kappa shape index (κ2) is 5.01. The average Bonchev–Trinajstić information content (AvgIpc) is 2.94. The molecule has 0 bridgehead atoms. The Kier molecular flexibility index (Phi) is 4.15. The van der Waals surface area contributed by atoms with E-state index >= 15 is 0 Å². The molecule has 1 aliphatic rings. The van der Waals surface area contributed by atoms with Crippen LogP contribution in [0.1, 0.15) is 26.7 Å². The van der Waals surface area contributed by atoms with Crippen molar-refractivity contribution in [2.45, 2.75) is 32.7 Å². The minimum atomic E-state index is -3.36. The number of nitrogens with two attached hydrogens (primary N) is 1. The maximum absolute atomic E-state index is 11.7. The summed E-state index contributed by atoms with van der Waals surface area (Å²) in [5, 5.41) is 11.5. The summed E-state index contributed by atoms with van der Waals surface area (Å²) < 4.78 is 25.9. The molecule has 0 aromatic heterocycles. The molecule has 0 heterocycles. The first-order chi connectivity index (χ1) is 7.35. The largest absolute Gasteiger partial charge is 0.409 e. The number of nitrogens with zero attached hydrogens (tertiary/aromatic N) is 1. The number of hydrogen-bond acceptors (Lipinski definition) is 4. The molecule has 1 fully saturated rings. The lowest BCUT2D eigenvalue weighted by molar-refractivity contribution is 0.314. The van der Waals surface area contributed by atoms with Crippen LogP contribution in [0, 0.1) is 11.8 Å². The van der Waals surface area contributed by atoms with Crippen molar-refractivity contribution in [3.8, 4) is 0 Å². The van der Waals surface area contributed by atoms with E-state index in [0.29, 0.717) is 0 Å². The summed E-state index contributed by atoms with van der Waals surface area (Å²) in [5.41, 5.74) is 5.47. The lowest BCUT2D eigenvalue weighted by Gasteiger charge is -2.17. The molecule has 1 rings (SSSR count). The topological polar surface area (TPSA) is 105 Å². The Labute approximate surface area is 95.9 Å². The second-order valence-electron chi connectivity index (χ2n) is 4.63. The van der Waals surface area contributed by atoms with Gasteiger partial charge in [-0.2, -0.15) is 0 Å². The molecule has 0 aromatic carbocycles. The van der Waals surface area contributed by atoms with Crippen LogP contribution in [0.4, 0.5) is 0 Å². The molecule has 1 unspecified atom stereocenters. The SMILES string of the molecule is CC(C)CS(=O)(=O)NC(C(N)=NO)C1CC1. The smallest absolute Gasteiger partial charge is 0.212 e. The van der Waals surface area contributed by atoms with Gasteiger partial charge in [-0.05, 0) is 24.7 Å². The predicted molar refractivity (Wildman–Crippen MR) is 61.7 cm³/mol. The number of oxime groups is 1. The molecule has 7 heteroatoms. The van der Waals surface area contributed by atoms with Crippen LogP contribution in [0.15, 0.2) is 5.16 Å². The van der Waals surface area contributed by atoms with Crippen molar-refractivity contribution in [3.05, 3.63) is 0 Å². The highest BCUT2D eigenvalue weighted by molar-refractivity contribution is 7.89. The molecule has 0 aliphatic heterocycles. The minimum absolute atomic E-state index is 0.0460. The molecule has 0 spiro atoms. The van der Waals surface area contributed by atoms with Gasteiger partial charge in [-0.3, -0.25) is 0 Å². The number of hydrogen-bond donors (Lipinski definition) is 3. The van der Waals surface area contributed by atoms with Crippen molar-refractivity contribution in [1.82, 2.24) is 4.72 Å². The highest BCUT2D eigenvalue weighted by Gasteiger charge is 2.36. The quantitative estimate of drug-likeness (QED) is 0.268. The third kappa shape index (κ3) is 3.97. The molecule has 0 aromatic rings. The molecule has 1 saturated carbocycles. The Morgan fingerprint density at radius 3 is 2.50 bits per heavy atom. The number of sulfonamides is 1. The van der Waals surface area contributed by atoms with Crippen molar-refractivity contribution in [1.29, 1.82) is 0 Å². The van der Waals surface area contributed by atoms with E-state index in [1.54, 1.807) is 0 Å². The first-order valence-corrected chi connectivity index (χ1v) is 6.98. The molecule has 1 aliphatic carbocycles. The molecule has 4 N–H and O–H groups in total. The van der Waals surface area contributed by atoms with E-state index in [0.717, 1.165) is 12.8 Å². The Morgan fingerprint density at radius 2 is 2.12 bits per heavy atom. The molecular formula is C9H19N3O3S. The zero-order valence-corrected chi connectivity index (χ0v) is 10.4. The van der Waals surface area contributed by atoms with E-state index in [-0.39, 0.29) is 23.4 Å². The normalized spacial score (nSPS) is 20.1. The van der Waals surface area contributed by atoms with E-state index in [4.69, 9.17) is 10.9 Å². The van der Waals surface area contributed by atoms with Gasteiger partial charge in [-0.25, -0.2) is 13.1 Å². The summed E-state index contributed by atoms with van der Waals surface area (Å²) >= 11 is 0. The van der Waals surface area contributed by atoms with E-state index in [9.17, 15) is 8.42 Å². The number of rotatable bonds is 6. The Balaban J connectivity index is 2.68. The lowest BCUT2D eigenvalue weighted by atomic mass is 10.2. The highest BCUT2D eigenvalue weighted by atomic mass is 32.2. The summed E-state index contributed by atoms with van der Waals surface area (Å²) in [6.07, 6.45) is 1.82. The fourth-order valence-corrected chi connectivity index (χ4v) is 3.24. The van der Waals surface area contributed by atoms with E-state index < -0.39 is 16.1 Å². The fourth-order valence-electron chi connectivity index (χ4n) is 1.57. The van der Waals surface area contributed by atoms with Crippen molar-refractivity contribution >= 4 is 15.9 Å². The average molecular weight is 249 g/mol. The summed E-state index contributed by atoms with van der Waals surface area (Å²) in [5.74, 6) is 0.201. The van der Waals surface area contributed by atoms with Gasteiger partial charge in [-0.1, -0.05) is 19.0 Å². The highest BCUT2D eigenvalue weighted by Crippen LogP contribution is 2.33. The van der Waals surface area contributed by atoms with Gasteiger partial charge in [0.1, 0.15) is 0 Å². The molecular weight excluding hydrogens is 230 g/mol. The molecule has 0 radical (unpaired) electrons. The zero-order valence-electron chi connectivity index (χ0n) is 9.55. The van der Waals surface area contributed by atoms with Crippen LogP contribution < -0.4 is 10.5 Å². The lowest BCUT2D eigenvalue weighted by Crippen LogP contribution is -2.47. The van der Waals surface area contributed by atoms with Crippen molar-refractivity contribution in [3.63, 3.8) is 0 Å². The molecule has 94 valence electrons. The Bertz CT molecular complexity index is 360. The van der Waals surface area contributed by atoms with Gasteiger partial charge in [-0.15, -0.1) is 0 Å². The standard InChI is InChI=1S/C9H19N3O3S/c1-6(2)5-16(14,15)12-8(7-3-4-7)9(10)11-13/h6-8,12-13H,3-5H2,1-2H3,(H2,10,11). The Hall–Kier alpha value is -0.820. The number of nitrogens with one attached hydrogen (secondary N) is 1. The van der Waals surface area contributed by atoms with Gasteiger partial charge >= 0.3 is 0 Å². The van der Waals surface area contributed by atoms with Crippen LogP contribution in [0.2, 0.25) is 0 Å². The second-order valence-corrected chi connectivity index (χ2v) is 6.43. The van der Waals surface area contributed by atoms with Crippen LogP contribution >= 0.6 is 0 Å². The van der Waals surface area contributed by atoms with E-state index in [2.05, 4.69) is 9.88 Å². The van der Waals surface area contributed by atoms with E-state index in [1.165, 1.54) is 0 Å². The van der Waals surface area contributed by atoms with Crippen LogP contribution in [-0.4, -0.2) is 31.3 Å². The van der Waals surface area contributed by atoms with Crippen molar-refractivity contribution < 1.29 is 13.6 Å². The van der Waals surface area contributed by atoms with Gasteiger partial charge in [0.25, 0.3) is 0 Å². The van der Waals surface area contributed by atoms with Gasteiger partial charge in [0, 0.05) is 0 Å². The van der Waals surface area contributed by atoms with Crippen LogP contribution in [-0.2, 0) is 10.0 Å². The first-order valence-electron chi connectivity index (χ1n) is 5.33. The van der Waals surface area contributed by atoms with Crippen molar-refractivity contribution in [2.75, 3.05) is 5.75 Å². The predicted octanol–water partition coefficient (Wildman–Crippen LogP) is 0.0868. The van der Waals surface area contributed by atoms with Crippen LogP contribution in [0.5, 0.6) is 0 Å². The summed E-state index contributed by atoms with van der Waals surface area (Å²) in [6, 6.07) is -0.561. The van der Waals surface area contributed by atoms with Crippen molar-refractivity contribution in [2.24, 2.45) is 22.7 Å². The fraction of sp³-hybridized carbons (Fsp3) is 0.889.